The van der Waals surface area contributed by atoms with Gasteiger partial charge in [-0.2, -0.15) is 0 Å². The highest BCUT2D eigenvalue weighted by molar-refractivity contribution is 9.10. The first-order valence-electron chi connectivity index (χ1n) is 5.47. The highest BCUT2D eigenvalue weighted by atomic mass is 79.9. The molecule has 0 aliphatic heterocycles. The number of halogens is 2. The molecule has 1 unspecified atom stereocenters. The molecule has 1 aromatic rings. The van der Waals surface area contributed by atoms with Gasteiger partial charge in [0.25, 0.3) is 0 Å². The van der Waals surface area contributed by atoms with Gasteiger partial charge in [0.2, 0.25) is 0 Å². The van der Waals surface area contributed by atoms with Crippen LogP contribution in [0.15, 0.2) is 22.7 Å². The molecule has 0 spiro atoms. The van der Waals surface area contributed by atoms with E-state index >= 15 is 0 Å². The van der Waals surface area contributed by atoms with Gasteiger partial charge in [-0.1, -0.05) is 6.07 Å². The highest BCUT2D eigenvalue weighted by Gasteiger charge is 2.42. The lowest BCUT2D eigenvalue weighted by Crippen LogP contribution is -2.41. The van der Waals surface area contributed by atoms with Gasteiger partial charge in [0.15, 0.2) is 5.78 Å². The van der Waals surface area contributed by atoms with Crippen molar-refractivity contribution in [3.05, 3.63) is 34.1 Å². The molecule has 0 N–H and O–H groups in total. The van der Waals surface area contributed by atoms with Crippen molar-refractivity contribution in [3.8, 4) is 0 Å². The summed E-state index contributed by atoms with van der Waals surface area (Å²) in [6.07, 6.45) is 0. The third kappa shape index (κ3) is 2.61. The van der Waals surface area contributed by atoms with Crippen molar-refractivity contribution in [1.29, 1.82) is 0 Å². The van der Waals surface area contributed by atoms with E-state index in [4.69, 9.17) is 4.74 Å². The first kappa shape index (κ1) is 14.8. The second-order valence-corrected chi connectivity index (χ2v) is 4.88. The molecule has 0 heterocycles. The van der Waals surface area contributed by atoms with Crippen molar-refractivity contribution in [3.63, 3.8) is 0 Å². The van der Waals surface area contributed by atoms with Crippen LogP contribution in [0.1, 0.15) is 26.3 Å². The molecular formula is C13H14BrFO3. The number of esters is 1. The third-order valence-corrected chi connectivity index (χ3v) is 3.53. The summed E-state index contributed by atoms with van der Waals surface area (Å²) in [6.45, 7) is 4.55. The fraction of sp³-hybridized carbons (Fsp3) is 0.385. The van der Waals surface area contributed by atoms with Gasteiger partial charge in [0, 0.05) is 0 Å². The van der Waals surface area contributed by atoms with Gasteiger partial charge in [-0.25, -0.2) is 4.39 Å². The summed E-state index contributed by atoms with van der Waals surface area (Å²) < 4.78 is 18.7. The first-order valence-corrected chi connectivity index (χ1v) is 6.27. The van der Waals surface area contributed by atoms with E-state index in [1.165, 1.54) is 32.0 Å². The van der Waals surface area contributed by atoms with Gasteiger partial charge in [-0.3, -0.25) is 9.59 Å². The summed E-state index contributed by atoms with van der Waals surface area (Å²) >= 11 is 3.02. The summed E-state index contributed by atoms with van der Waals surface area (Å²) in [5.41, 5.74) is -1.19. The Balaban J connectivity index is 3.31. The lowest BCUT2D eigenvalue weighted by atomic mass is 9.79. The van der Waals surface area contributed by atoms with Crippen LogP contribution in [-0.2, 0) is 19.7 Å². The van der Waals surface area contributed by atoms with E-state index in [0.29, 0.717) is 0 Å². The van der Waals surface area contributed by atoms with Crippen molar-refractivity contribution in [2.45, 2.75) is 26.2 Å². The van der Waals surface area contributed by atoms with E-state index in [1.54, 1.807) is 6.92 Å². The average Bonchev–Trinajstić information content (AvgIpc) is 2.31. The number of Topliss-reactive ketones (excluding diaryl/α,β-unsaturated/α-hetero) is 1. The molecule has 0 aliphatic carbocycles. The smallest absolute Gasteiger partial charge is 0.323 e. The van der Waals surface area contributed by atoms with Crippen LogP contribution in [0.4, 0.5) is 4.39 Å². The number of rotatable bonds is 4. The van der Waals surface area contributed by atoms with E-state index in [0.717, 1.165) is 0 Å². The molecule has 0 bridgehead atoms. The number of hydrogen-bond acceptors (Lipinski definition) is 3. The molecule has 5 heteroatoms. The predicted octanol–water partition coefficient (Wildman–Crippen LogP) is 3.00. The molecule has 0 fully saturated rings. The molecule has 0 saturated carbocycles. The summed E-state index contributed by atoms with van der Waals surface area (Å²) in [5.74, 6) is -1.58. The quantitative estimate of drug-likeness (QED) is 0.633. The Bertz CT molecular complexity index is 487. The summed E-state index contributed by atoms with van der Waals surface area (Å²) in [7, 11) is 0. The minimum atomic E-state index is -1.47. The monoisotopic (exact) mass is 316 g/mol. The average molecular weight is 317 g/mol. The largest absolute Gasteiger partial charge is 0.465 e. The SMILES string of the molecule is CCOC(=O)C(C)(C(C)=O)c1ccc(Br)c(F)c1. The Labute approximate surface area is 113 Å². The fourth-order valence-corrected chi connectivity index (χ4v) is 1.79. The van der Waals surface area contributed by atoms with E-state index < -0.39 is 17.2 Å². The molecule has 1 atom stereocenters. The molecule has 0 saturated heterocycles. The van der Waals surface area contributed by atoms with Gasteiger partial charge in [0.05, 0.1) is 11.1 Å². The summed E-state index contributed by atoms with van der Waals surface area (Å²) in [6, 6.07) is 4.17. The fourth-order valence-electron chi connectivity index (χ4n) is 1.55. The van der Waals surface area contributed by atoms with Gasteiger partial charge in [0.1, 0.15) is 11.2 Å². The lowest BCUT2D eigenvalue weighted by molar-refractivity contribution is -0.152. The molecule has 18 heavy (non-hydrogen) atoms. The van der Waals surface area contributed by atoms with E-state index in [2.05, 4.69) is 15.9 Å². The number of hydrogen-bond donors (Lipinski definition) is 0. The minimum Gasteiger partial charge on any atom is -0.465 e. The van der Waals surface area contributed by atoms with Crippen molar-refractivity contribution in [1.82, 2.24) is 0 Å². The van der Waals surface area contributed by atoms with Crippen LogP contribution in [0, 0.1) is 5.82 Å². The third-order valence-electron chi connectivity index (χ3n) is 2.88. The molecule has 3 nitrogen and oxygen atoms in total. The second-order valence-electron chi connectivity index (χ2n) is 4.03. The van der Waals surface area contributed by atoms with Gasteiger partial charge in [-0.15, -0.1) is 0 Å². The zero-order valence-corrected chi connectivity index (χ0v) is 12.0. The predicted molar refractivity (Wildman–Crippen MR) is 68.8 cm³/mol. The van der Waals surface area contributed by atoms with Crippen LogP contribution in [0.3, 0.4) is 0 Å². The molecule has 1 rings (SSSR count). The number of benzene rings is 1. The molecule has 98 valence electrons. The van der Waals surface area contributed by atoms with Crippen LogP contribution in [0.2, 0.25) is 0 Å². The van der Waals surface area contributed by atoms with Crippen LogP contribution in [0.5, 0.6) is 0 Å². The minimum absolute atomic E-state index is 0.167. The Morgan fingerprint density at radius 2 is 2.06 bits per heavy atom. The van der Waals surface area contributed by atoms with Crippen molar-refractivity contribution in [2.24, 2.45) is 0 Å². The summed E-state index contributed by atoms with van der Waals surface area (Å²) in [5, 5.41) is 0. The highest BCUT2D eigenvalue weighted by Crippen LogP contribution is 2.29. The van der Waals surface area contributed by atoms with E-state index in [-0.39, 0.29) is 22.4 Å². The van der Waals surface area contributed by atoms with E-state index in [1.807, 2.05) is 0 Å². The maximum absolute atomic E-state index is 13.5. The van der Waals surface area contributed by atoms with Crippen molar-refractivity contribution < 1.29 is 18.7 Å². The van der Waals surface area contributed by atoms with Crippen molar-refractivity contribution >= 4 is 27.7 Å². The zero-order chi connectivity index (χ0) is 13.9. The maximum atomic E-state index is 13.5. The number of ketones is 1. The van der Waals surface area contributed by atoms with Crippen LogP contribution in [-0.4, -0.2) is 18.4 Å². The Kier molecular flexibility index (Phi) is 4.62. The molecule has 0 radical (unpaired) electrons. The zero-order valence-electron chi connectivity index (χ0n) is 10.4. The Morgan fingerprint density at radius 3 is 2.50 bits per heavy atom. The van der Waals surface area contributed by atoms with Crippen molar-refractivity contribution in [2.75, 3.05) is 6.61 Å². The standard InChI is InChI=1S/C13H14BrFO3/c1-4-18-12(17)13(3,8(2)16)9-5-6-10(14)11(15)7-9/h5-7H,4H2,1-3H3. The molecule has 0 aliphatic rings. The number of ether oxygens (including phenoxy) is 1. The van der Waals surface area contributed by atoms with Gasteiger partial charge in [-0.05, 0) is 54.4 Å². The Morgan fingerprint density at radius 1 is 1.44 bits per heavy atom. The topological polar surface area (TPSA) is 43.4 Å². The number of carbonyl (C=O) groups excluding carboxylic acids is 2. The van der Waals surface area contributed by atoms with Gasteiger partial charge < -0.3 is 4.74 Å². The lowest BCUT2D eigenvalue weighted by Gasteiger charge is -2.25. The Hall–Kier alpha value is -1.23. The van der Waals surface area contributed by atoms with Crippen LogP contribution < -0.4 is 0 Å². The van der Waals surface area contributed by atoms with Gasteiger partial charge >= 0.3 is 5.97 Å². The normalized spacial score (nSPS) is 13.8. The second kappa shape index (κ2) is 5.61. The number of carbonyl (C=O) groups is 2. The summed E-state index contributed by atoms with van der Waals surface area (Å²) in [4.78, 5) is 23.7. The molecule has 0 amide bonds. The molecular weight excluding hydrogens is 303 g/mol. The van der Waals surface area contributed by atoms with Crippen LogP contribution in [0.25, 0.3) is 0 Å². The first-order chi connectivity index (χ1) is 8.33. The molecule has 0 aromatic heterocycles. The maximum Gasteiger partial charge on any atom is 0.323 e. The van der Waals surface area contributed by atoms with Crippen LogP contribution >= 0.6 is 15.9 Å². The van der Waals surface area contributed by atoms with E-state index in [9.17, 15) is 14.0 Å². The molecule has 1 aromatic carbocycles.